The summed E-state index contributed by atoms with van der Waals surface area (Å²) in [5, 5.41) is 2.44. The zero-order chi connectivity index (χ0) is 34.2. The van der Waals surface area contributed by atoms with Gasteiger partial charge in [0.2, 0.25) is 11.8 Å². The summed E-state index contributed by atoms with van der Waals surface area (Å²) < 4.78 is 5.34. The molecule has 3 saturated heterocycles. The van der Waals surface area contributed by atoms with Crippen molar-refractivity contribution in [2.75, 3.05) is 40.4 Å². The summed E-state index contributed by atoms with van der Waals surface area (Å²) in [5.74, 6) is 1.34. The number of fused-ring (bicyclic) bond motifs is 6. The number of ether oxygens (including phenoxy) is 1. The van der Waals surface area contributed by atoms with Crippen molar-refractivity contribution in [2.45, 2.75) is 132 Å². The molecule has 49 heavy (non-hydrogen) atoms. The normalized spacial score (nSPS) is 39.3. The number of allylic oxidation sites excluding steroid dienone is 1. The highest BCUT2D eigenvalue weighted by molar-refractivity contribution is 8.04. The number of carbonyl (C=O) groups is 3. The largest absolute Gasteiger partial charge is 0.383 e. The van der Waals surface area contributed by atoms with Gasteiger partial charge in [-0.15, -0.1) is 23.5 Å². The standard InChI is InChI=1S/C39H60N4O4S2/c1-5-7-20-42-37(44)34(38(45)43(39(42)46)21-22-47-4)27(23-32-40(3)35-28-14-10-8-12-25(28)16-18-30(35)48-32)24-33-41(6-2)36-29-15-11-9-13-26(29)17-19-31(36)49-33/h23-26,28-32,34-36H,5-22H2,1-4H3. The molecule has 0 radical (unpaired) electrons. The number of nitrogens with zero attached hydrogens (tertiary/aromatic N) is 4. The third kappa shape index (κ3) is 6.79. The van der Waals surface area contributed by atoms with E-state index in [9.17, 15) is 14.4 Å². The molecule has 7 rings (SSSR count). The first kappa shape index (κ1) is 35.9. The molecule has 10 unspecified atom stereocenters. The summed E-state index contributed by atoms with van der Waals surface area (Å²) in [4.78, 5) is 50.5. The van der Waals surface area contributed by atoms with Crippen LogP contribution in [0.25, 0.3) is 0 Å². The lowest BCUT2D eigenvalue weighted by Crippen LogP contribution is -2.60. The van der Waals surface area contributed by atoms with Crippen LogP contribution in [0.4, 0.5) is 4.79 Å². The Morgan fingerprint density at radius 1 is 0.816 bits per heavy atom. The molecule has 10 atom stereocenters. The summed E-state index contributed by atoms with van der Waals surface area (Å²) in [6.45, 7) is 6.00. The van der Waals surface area contributed by atoms with E-state index in [1.807, 2.05) is 23.5 Å². The van der Waals surface area contributed by atoms with E-state index in [0.717, 1.165) is 48.6 Å². The van der Waals surface area contributed by atoms with Crippen molar-refractivity contribution in [1.82, 2.24) is 19.6 Å². The fourth-order valence-electron chi connectivity index (χ4n) is 10.9. The highest BCUT2D eigenvalue weighted by Gasteiger charge is 2.52. The molecule has 0 aromatic heterocycles. The molecule has 10 heteroatoms. The zero-order valence-electron chi connectivity index (χ0n) is 30.4. The van der Waals surface area contributed by atoms with E-state index in [1.165, 1.54) is 91.9 Å². The van der Waals surface area contributed by atoms with Gasteiger partial charge in [0.1, 0.15) is 5.92 Å². The second-order valence-electron chi connectivity index (χ2n) is 15.9. The number of imide groups is 2. The van der Waals surface area contributed by atoms with Crippen LogP contribution in [0.3, 0.4) is 0 Å². The molecule has 4 amide bonds. The molecule has 0 aromatic rings. The predicted octanol–water partition coefficient (Wildman–Crippen LogP) is 7.36. The number of unbranched alkanes of at least 4 members (excludes halogenated alkanes) is 1. The Labute approximate surface area is 303 Å². The van der Waals surface area contributed by atoms with Gasteiger partial charge < -0.3 is 9.64 Å². The van der Waals surface area contributed by atoms with Gasteiger partial charge in [-0.25, -0.2) is 4.79 Å². The molecule has 3 heterocycles. The first-order valence-electron chi connectivity index (χ1n) is 19.8. The lowest BCUT2D eigenvalue weighted by molar-refractivity contribution is -0.147. The summed E-state index contributed by atoms with van der Waals surface area (Å²) in [7, 11) is 3.87. The van der Waals surface area contributed by atoms with Crippen molar-refractivity contribution in [1.29, 1.82) is 0 Å². The molecular weight excluding hydrogens is 653 g/mol. The van der Waals surface area contributed by atoms with Crippen molar-refractivity contribution in [3.63, 3.8) is 0 Å². The van der Waals surface area contributed by atoms with Crippen LogP contribution in [0.5, 0.6) is 0 Å². The van der Waals surface area contributed by atoms with Gasteiger partial charge in [0.15, 0.2) is 0 Å². The van der Waals surface area contributed by atoms with Crippen LogP contribution in [0.1, 0.15) is 104 Å². The molecule has 4 aliphatic carbocycles. The number of amides is 4. The Hall–Kier alpha value is -1.49. The third-order valence-corrected chi connectivity index (χ3v) is 16.4. The number of barbiturate groups is 1. The van der Waals surface area contributed by atoms with Crippen molar-refractivity contribution in [3.05, 3.63) is 22.8 Å². The average Bonchev–Trinajstić information content (AvgIpc) is 3.64. The number of hydrogen-bond acceptors (Lipinski definition) is 8. The van der Waals surface area contributed by atoms with Crippen LogP contribution in [0.15, 0.2) is 22.8 Å². The number of rotatable bonds is 10. The van der Waals surface area contributed by atoms with E-state index in [4.69, 9.17) is 4.74 Å². The van der Waals surface area contributed by atoms with Crippen LogP contribution in [0.2, 0.25) is 0 Å². The molecule has 0 bridgehead atoms. The molecule has 7 aliphatic rings. The molecule has 4 saturated carbocycles. The van der Waals surface area contributed by atoms with Crippen LogP contribution >= 0.6 is 23.5 Å². The molecule has 0 aromatic carbocycles. The Morgan fingerprint density at radius 3 is 2.10 bits per heavy atom. The van der Waals surface area contributed by atoms with E-state index in [2.05, 4.69) is 42.8 Å². The maximum Gasteiger partial charge on any atom is 0.333 e. The minimum atomic E-state index is -1.03. The number of carbonyl (C=O) groups excluding carboxylic acids is 3. The van der Waals surface area contributed by atoms with Crippen molar-refractivity contribution in [2.24, 2.45) is 29.6 Å². The first-order chi connectivity index (χ1) is 23.9. The molecule has 0 N–H and O–H groups in total. The summed E-state index contributed by atoms with van der Waals surface area (Å²) in [5.41, 5.74) is 0.786. The van der Waals surface area contributed by atoms with Crippen molar-refractivity contribution >= 4 is 41.4 Å². The highest BCUT2D eigenvalue weighted by atomic mass is 32.2. The van der Waals surface area contributed by atoms with Crippen molar-refractivity contribution < 1.29 is 19.1 Å². The summed E-state index contributed by atoms with van der Waals surface area (Å²) in [6, 6.07) is 0.567. The van der Waals surface area contributed by atoms with Crippen LogP contribution < -0.4 is 0 Å². The summed E-state index contributed by atoms with van der Waals surface area (Å²) >= 11 is 4.04. The molecule has 8 nitrogen and oxygen atoms in total. The van der Waals surface area contributed by atoms with Crippen molar-refractivity contribution in [3.8, 4) is 0 Å². The van der Waals surface area contributed by atoms with Crippen LogP contribution in [-0.2, 0) is 14.3 Å². The fraction of sp³-hybridized carbons (Fsp3) is 0.821. The van der Waals surface area contributed by atoms with Gasteiger partial charge >= 0.3 is 6.03 Å². The Morgan fingerprint density at radius 2 is 1.45 bits per heavy atom. The average molecular weight is 713 g/mol. The minimum absolute atomic E-state index is 0.0868. The van der Waals surface area contributed by atoms with E-state index < -0.39 is 17.9 Å². The number of hydrogen-bond donors (Lipinski definition) is 0. The van der Waals surface area contributed by atoms with E-state index in [0.29, 0.717) is 29.1 Å². The Bertz CT molecular complexity index is 1280. The maximum atomic E-state index is 14.5. The van der Waals surface area contributed by atoms with Gasteiger partial charge in [0, 0.05) is 42.8 Å². The molecule has 7 fully saturated rings. The SMILES string of the molecule is CCCCN1C(=O)C(C(=CC2SC3CCC4CCCCC4C3N2C)C=C2SC3CCC4CCCCC4C3N2CC)C(=O)N(CCOC)C1=O. The van der Waals surface area contributed by atoms with Gasteiger partial charge in [-0.05, 0) is 94.2 Å². The quantitative estimate of drug-likeness (QED) is 0.218. The molecule has 0 spiro atoms. The summed E-state index contributed by atoms with van der Waals surface area (Å²) in [6.07, 6.45) is 22.0. The monoisotopic (exact) mass is 712 g/mol. The number of urea groups is 1. The lowest BCUT2D eigenvalue weighted by atomic mass is 9.68. The number of likely N-dealkylation sites (N-methyl/N-ethyl adjacent to an activating group) is 1. The van der Waals surface area contributed by atoms with Gasteiger partial charge in [-0.2, -0.15) is 0 Å². The van der Waals surface area contributed by atoms with Crippen LogP contribution in [-0.4, -0.2) is 106 Å². The van der Waals surface area contributed by atoms with E-state index in [-0.39, 0.29) is 24.4 Å². The Balaban J connectivity index is 1.27. The maximum absolute atomic E-state index is 14.5. The topological polar surface area (TPSA) is 73.4 Å². The van der Waals surface area contributed by atoms with Gasteiger partial charge in [-0.1, -0.05) is 57.9 Å². The smallest absolute Gasteiger partial charge is 0.333 e. The van der Waals surface area contributed by atoms with Gasteiger partial charge in [0.05, 0.1) is 23.6 Å². The van der Waals surface area contributed by atoms with E-state index >= 15 is 0 Å². The minimum Gasteiger partial charge on any atom is -0.383 e. The number of methoxy groups -OCH3 is 1. The van der Waals surface area contributed by atoms with Gasteiger partial charge in [-0.3, -0.25) is 24.3 Å². The molecule has 272 valence electrons. The molecule has 3 aliphatic heterocycles. The first-order valence-corrected chi connectivity index (χ1v) is 21.6. The lowest BCUT2D eigenvalue weighted by Gasteiger charge is -2.45. The zero-order valence-corrected chi connectivity index (χ0v) is 32.0. The Kier molecular flexibility index (Phi) is 11.4. The predicted molar refractivity (Wildman–Crippen MR) is 199 cm³/mol. The molecular formula is C39H60N4O4S2. The van der Waals surface area contributed by atoms with Crippen LogP contribution in [0, 0.1) is 29.6 Å². The second-order valence-corrected chi connectivity index (χ2v) is 18.5. The van der Waals surface area contributed by atoms with Gasteiger partial charge in [0.25, 0.3) is 0 Å². The van der Waals surface area contributed by atoms with E-state index in [1.54, 1.807) is 7.11 Å². The second kappa shape index (κ2) is 15.6. The fourth-order valence-corrected chi connectivity index (χ4v) is 14.3. The third-order valence-electron chi connectivity index (χ3n) is 13.4. The highest BCUT2D eigenvalue weighted by Crippen LogP contribution is 2.54. The number of thioether (sulfide) groups is 2.